The Balaban J connectivity index is 1.54. The monoisotopic (exact) mass is 483 g/mol. The van der Waals surface area contributed by atoms with Crippen molar-refractivity contribution >= 4 is 21.7 Å². The smallest absolute Gasteiger partial charge is 0.243 e. The Morgan fingerprint density at radius 2 is 1.58 bits per heavy atom. The Labute approximate surface area is 211 Å². The van der Waals surface area contributed by atoms with E-state index >= 15 is 0 Å². The lowest BCUT2D eigenvalue weighted by Crippen LogP contribution is -2.24. The summed E-state index contributed by atoms with van der Waals surface area (Å²) in [6, 6.07) is 24.6. The van der Waals surface area contributed by atoms with Crippen LogP contribution < -0.4 is 0 Å². The molecule has 0 radical (unpaired) electrons. The van der Waals surface area contributed by atoms with E-state index in [1.807, 2.05) is 30.3 Å². The number of aromatic nitrogens is 1. The average molecular weight is 484 g/mol. The lowest BCUT2D eigenvalue weighted by Gasteiger charge is -2.23. The maximum atomic E-state index is 13.4. The number of hydrogen-bond acceptors (Lipinski definition) is 2. The van der Waals surface area contributed by atoms with Crippen LogP contribution in [0.3, 0.4) is 0 Å². The van der Waals surface area contributed by atoms with Crippen molar-refractivity contribution in [2.24, 2.45) is 5.41 Å². The van der Waals surface area contributed by atoms with Gasteiger partial charge in [-0.15, -0.1) is 0 Å². The topological polar surface area (TPSA) is 26.0 Å². The number of nitrogens with zero attached hydrogens (tertiary/aromatic N) is 1. The van der Waals surface area contributed by atoms with Gasteiger partial charge >= 0.3 is 0 Å². The highest BCUT2D eigenvalue weighted by atomic mass is 19.3. The second kappa shape index (κ2) is 8.85. The molecule has 0 saturated carbocycles. The van der Waals surface area contributed by atoms with Crippen molar-refractivity contribution < 1.29 is 13.2 Å². The molecule has 184 valence electrons. The number of rotatable bonds is 5. The van der Waals surface area contributed by atoms with Gasteiger partial charge in [-0.05, 0) is 76.2 Å². The number of alkyl halides is 2. The zero-order valence-electron chi connectivity index (χ0n) is 21.4. The third-order valence-corrected chi connectivity index (χ3v) is 6.84. The molecule has 0 unspecified atom stereocenters. The summed E-state index contributed by atoms with van der Waals surface area (Å²) in [5.74, 6) is 0.732. The highest BCUT2D eigenvalue weighted by Crippen LogP contribution is 2.36. The number of pyridine rings is 1. The summed E-state index contributed by atoms with van der Waals surface area (Å²) in [5, 5.41) is 3.36. The molecule has 2 heterocycles. The van der Waals surface area contributed by atoms with Crippen LogP contribution in [0.15, 0.2) is 83.4 Å². The number of halogens is 2. The second-order valence-corrected chi connectivity index (χ2v) is 11.4. The number of hydrogen-bond donors (Lipinski definition) is 0. The van der Waals surface area contributed by atoms with Gasteiger partial charge in [-0.2, -0.15) is 0 Å². The summed E-state index contributed by atoms with van der Waals surface area (Å²) in [6.45, 7) is 9.88. The molecule has 5 rings (SSSR count). The zero-order chi connectivity index (χ0) is 25.7. The van der Waals surface area contributed by atoms with Gasteiger partial charge in [0, 0.05) is 28.1 Å². The van der Waals surface area contributed by atoms with Gasteiger partial charge in [-0.3, -0.25) is 4.98 Å². The van der Waals surface area contributed by atoms with Gasteiger partial charge in [0.15, 0.2) is 0 Å². The molecule has 0 fully saturated rings. The zero-order valence-corrected chi connectivity index (χ0v) is 21.4. The fourth-order valence-electron chi connectivity index (χ4n) is 4.77. The summed E-state index contributed by atoms with van der Waals surface area (Å²) in [5.41, 5.74) is 4.68. The highest BCUT2D eigenvalue weighted by molar-refractivity contribution is 5.91. The van der Waals surface area contributed by atoms with Crippen molar-refractivity contribution in [3.05, 3.63) is 90.1 Å². The van der Waals surface area contributed by atoms with Crippen LogP contribution in [0.4, 0.5) is 8.78 Å². The molecule has 3 aromatic carbocycles. The van der Waals surface area contributed by atoms with Crippen molar-refractivity contribution in [1.29, 1.82) is 0 Å². The fourth-order valence-corrected chi connectivity index (χ4v) is 4.77. The fraction of sp³-hybridized carbons (Fsp3) is 0.281. The van der Waals surface area contributed by atoms with E-state index in [1.165, 1.54) is 16.3 Å². The van der Waals surface area contributed by atoms with Gasteiger partial charge in [0.1, 0.15) is 11.3 Å². The van der Waals surface area contributed by atoms with E-state index in [0.29, 0.717) is 6.42 Å². The molecule has 0 aliphatic rings. The SMILES string of the molecule is CC(C)(C)c1cc(-c2cc(-c3cc4cc(CC(C)(C)C(F)F)ccc4o3)ccn2)cc2ccccc12. The van der Waals surface area contributed by atoms with Gasteiger partial charge in [-0.1, -0.05) is 65.0 Å². The van der Waals surface area contributed by atoms with Gasteiger partial charge in [-0.25, -0.2) is 8.78 Å². The Morgan fingerprint density at radius 3 is 2.33 bits per heavy atom. The molecule has 0 atom stereocenters. The molecule has 36 heavy (non-hydrogen) atoms. The molecular weight excluding hydrogens is 452 g/mol. The van der Waals surface area contributed by atoms with Crippen molar-refractivity contribution in [3.63, 3.8) is 0 Å². The first-order valence-electron chi connectivity index (χ1n) is 12.3. The van der Waals surface area contributed by atoms with Crippen LogP contribution in [0, 0.1) is 5.41 Å². The predicted octanol–water partition coefficient (Wildman–Crippen LogP) is 9.45. The molecular formula is C32H31F2NO. The van der Waals surface area contributed by atoms with Crippen molar-refractivity contribution in [2.45, 2.75) is 52.9 Å². The molecule has 0 aliphatic carbocycles. The van der Waals surface area contributed by atoms with Crippen LogP contribution in [-0.4, -0.2) is 11.4 Å². The summed E-state index contributed by atoms with van der Waals surface area (Å²) in [7, 11) is 0. The maximum absolute atomic E-state index is 13.4. The predicted molar refractivity (Wildman–Crippen MR) is 145 cm³/mol. The third kappa shape index (κ3) is 4.65. The normalized spacial score (nSPS) is 12.7. The maximum Gasteiger partial charge on any atom is 0.243 e. The number of benzene rings is 3. The quantitative estimate of drug-likeness (QED) is 0.249. The Morgan fingerprint density at radius 1 is 0.806 bits per heavy atom. The molecule has 0 spiro atoms. The first-order valence-corrected chi connectivity index (χ1v) is 12.3. The molecule has 4 heteroatoms. The van der Waals surface area contributed by atoms with Crippen LogP contribution >= 0.6 is 0 Å². The minimum Gasteiger partial charge on any atom is -0.456 e. The van der Waals surface area contributed by atoms with E-state index in [1.54, 1.807) is 20.0 Å². The Hall–Kier alpha value is -3.53. The minimum absolute atomic E-state index is 0.0114. The van der Waals surface area contributed by atoms with Gasteiger partial charge in [0.05, 0.1) is 5.69 Å². The largest absolute Gasteiger partial charge is 0.456 e. The molecule has 0 N–H and O–H groups in total. The standard InChI is InChI=1S/C32H31F2NO/c1-31(2,3)26-16-23(15-21-8-6-7-9-25(21)26)27-17-22(12-13-35-27)29-18-24-14-20(10-11-28(24)36-29)19-32(4,5)30(33)34/h6-18,30H,19H2,1-5H3. The van der Waals surface area contributed by atoms with Crippen molar-refractivity contribution in [1.82, 2.24) is 4.98 Å². The van der Waals surface area contributed by atoms with E-state index in [2.05, 4.69) is 68.2 Å². The third-order valence-electron chi connectivity index (χ3n) is 6.84. The average Bonchev–Trinajstić information content (AvgIpc) is 3.26. The van der Waals surface area contributed by atoms with Crippen LogP contribution in [0.1, 0.15) is 45.7 Å². The lowest BCUT2D eigenvalue weighted by atomic mass is 9.82. The molecule has 0 aliphatic heterocycles. The van der Waals surface area contributed by atoms with Crippen molar-refractivity contribution in [2.75, 3.05) is 0 Å². The first-order chi connectivity index (χ1) is 17.0. The van der Waals surface area contributed by atoms with Crippen LogP contribution in [0.5, 0.6) is 0 Å². The Kier molecular flexibility index (Phi) is 5.94. The molecule has 0 saturated heterocycles. The van der Waals surface area contributed by atoms with E-state index < -0.39 is 11.8 Å². The molecule has 0 amide bonds. The van der Waals surface area contributed by atoms with Gasteiger partial charge in [0.2, 0.25) is 6.43 Å². The van der Waals surface area contributed by atoms with Crippen LogP contribution in [-0.2, 0) is 11.8 Å². The highest BCUT2D eigenvalue weighted by Gasteiger charge is 2.29. The van der Waals surface area contributed by atoms with Crippen LogP contribution in [0.25, 0.3) is 44.3 Å². The lowest BCUT2D eigenvalue weighted by molar-refractivity contribution is 0.0200. The molecule has 5 aromatic rings. The summed E-state index contributed by atoms with van der Waals surface area (Å²) in [4.78, 5) is 4.68. The van der Waals surface area contributed by atoms with E-state index in [0.717, 1.165) is 39.1 Å². The van der Waals surface area contributed by atoms with Gasteiger partial charge in [0.25, 0.3) is 0 Å². The second-order valence-electron chi connectivity index (χ2n) is 11.4. The number of furan rings is 1. The summed E-state index contributed by atoms with van der Waals surface area (Å²) in [6.07, 6.45) is -0.267. The summed E-state index contributed by atoms with van der Waals surface area (Å²) < 4.78 is 32.9. The first kappa shape index (κ1) is 24.2. The van der Waals surface area contributed by atoms with Crippen LogP contribution in [0.2, 0.25) is 0 Å². The van der Waals surface area contributed by atoms with E-state index in [9.17, 15) is 8.78 Å². The molecule has 2 nitrogen and oxygen atoms in total. The van der Waals surface area contributed by atoms with Crippen molar-refractivity contribution in [3.8, 4) is 22.6 Å². The minimum atomic E-state index is -2.38. The summed E-state index contributed by atoms with van der Waals surface area (Å²) >= 11 is 0. The van der Waals surface area contributed by atoms with Gasteiger partial charge < -0.3 is 4.42 Å². The molecule has 2 aromatic heterocycles. The Bertz CT molecular complexity index is 1560. The van der Waals surface area contributed by atoms with E-state index in [4.69, 9.17) is 4.42 Å². The molecule has 0 bridgehead atoms. The van der Waals surface area contributed by atoms with E-state index in [-0.39, 0.29) is 5.41 Å². The number of fused-ring (bicyclic) bond motifs is 2.